The molecule has 3 heterocycles. The van der Waals surface area contributed by atoms with Gasteiger partial charge in [-0.2, -0.15) is 0 Å². The van der Waals surface area contributed by atoms with E-state index in [0.717, 1.165) is 17.8 Å². The highest BCUT2D eigenvalue weighted by Gasteiger charge is 2.46. The molecule has 204 valence electrons. The minimum Gasteiger partial charge on any atom is -0.503 e. The van der Waals surface area contributed by atoms with Gasteiger partial charge in [-0.1, -0.05) is 43.0 Å². The number of carbonyl (C=O) groups excluding carboxylic acids is 3. The Balaban J connectivity index is 1.85. The number of esters is 1. The van der Waals surface area contributed by atoms with Crippen LogP contribution in [-0.2, 0) is 9.53 Å². The van der Waals surface area contributed by atoms with E-state index >= 15 is 0 Å². The Morgan fingerprint density at radius 2 is 2.00 bits per heavy atom. The number of nitrogens with zero attached hydrogens (tertiary/aromatic N) is 2. The number of aliphatic hydroxyl groups is 1. The van der Waals surface area contributed by atoms with Crippen molar-refractivity contribution in [3.8, 4) is 11.5 Å². The zero-order valence-corrected chi connectivity index (χ0v) is 23.4. The summed E-state index contributed by atoms with van der Waals surface area (Å²) in [6.45, 7) is 9.86. The fourth-order valence-electron chi connectivity index (χ4n) is 4.06. The van der Waals surface area contributed by atoms with Crippen molar-refractivity contribution in [1.82, 2.24) is 4.98 Å². The maximum atomic E-state index is 13.6. The van der Waals surface area contributed by atoms with Crippen LogP contribution in [0.5, 0.6) is 11.5 Å². The van der Waals surface area contributed by atoms with Gasteiger partial charge >= 0.3 is 5.97 Å². The third-order valence-electron chi connectivity index (χ3n) is 5.75. The first-order valence-electron chi connectivity index (χ1n) is 12.3. The number of rotatable bonds is 12. The number of aromatic nitrogens is 1. The fraction of sp³-hybridized carbons (Fsp3) is 0.286. The number of thiophene rings is 1. The summed E-state index contributed by atoms with van der Waals surface area (Å²) in [5.41, 5.74) is 0.769. The smallest absolute Gasteiger partial charge is 0.350 e. The molecule has 1 N–H and O–H groups in total. The lowest BCUT2D eigenvalue weighted by molar-refractivity contribution is -0.117. The molecule has 4 rings (SSSR count). The number of benzene rings is 1. The maximum Gasteiger partial charge on any atom is 0.350 e. The first-order chi connectivity index (χ1) is 18.8. The van der Waals surface area contributed by atoms with Gasteiger partial charge in [-0.15, -0.1) is 11.3 Å². The van der Waals surface area contributed by atoms with Crippen LogP contribution in [0.15, 0.2) is 59.7 Å². The van der Waals surface area contributed by atoms with Crippen LogP contribution < -0.4 is 14.4 Å². The van der Waals surface area contributed by atoms with Gasteiger partial charge in [0.15, 0.2) is 22.4 Å². The minimum atomic E-state index is -1.03. The SMILES string of the molecule is C=CCOC(=O)c1sc(N2C(=O)C(O)=C(C(=O)c3cccs3)C2c2ccc(OCCC)c(OCC)c2)nc1C. The Hall–Kier alpha value is -3.96. The van der Waals surface area contributed by atoms with E-state index in [2.05, 4.69) is 11.6 Å². The number of ether oxygens (including phenoxy) is 3. The van der Waals surface area contributed by atoms with E-state index in [1.807, 2.05) is 13.8 Å². The van der Waals surface area contributed by atoms with Crippen molar-refractivity contribution < 1.29 is 33.7 Å². The van der Waals surface area contributed by atoms with Gasteiger partial charge in [-0.05, 0) is 49.4 Å². The van der Waals surface area contributed by atoms with Crippen molar-refractivity contribution in [2.45, 2.75) is 33.2 Å². The third-order valence-corrected chi connectivity index (χ3v) is 7.76. The molecule has 0 bridgehead atoms. The maximum absolute atomic E-state index is 13.6. The summed E-state index contributed by atoms with van der Waals surface area (Å²) in [5.74, 6) is -1.60. The number of thiazole rings is 1. The molecular formula is C28H28N2O7S2. The molecular weight excluding hydrogens is 540 g/mol. The van der Waals surface area contributed by atoms with Crippen molar-refractivity contribution in [2.24, 2.45) is 0 Å². The van der Waals surface area contributed by atoms with Crippen molar-refractivity contribution in [3.05, 3.63) is 80.7 Å². The van der Waals surface area contributed by atoms with Gasteiger partial charge in [0.2, 0.25) is 5.78 Å². The van der Waals surface area contributed by atoms with Crippen LogP contribution in [0, 0.1) is 6.92 Å². The number of hydrogen-bond acceptors (Lipinski definition) is 10. The number of aryl methyl sites for hydroxylation is 1. The predicted octanol–water partition coefficient (Wildman–Crippen LogP) is 5.83. The van der Waals surface area contributed by atoms with Gasteiger partial charge in [0, 0.05) is 0 Å². The van der Waals surface area contributed by atoms with Crippen LogP contribution in [0.25, 0.3) is 0 Å². The van der Waals surface area contributed by atoms with Crippen LogP contribution in [0.4, 0.5) is 5.13 Å². The number of hydrogen-bond donors (Lipinski definition) is 1. The summed E-state index contributed by atoms with van der Waals surface area (Å²) in [5, 5.41) is 12.9. The lowest BCUT2D eigenvalue weighted by Gasteiger charge is -2.25. The van der Waals surface area contributed by atoms with Crippen LogP contribution in [0.2, 0.25) is 0 Å². The Kier molecular flexibility index (Phi) is 8.82. The summed E-state index contributed by atoms with van der Waals surface area (Å²) in [7, 11) is 0. The third kappa shape index (κ3) is 5.59. The molecule has 39 heavy (non-hydrogen) atoms. The van der Waals surface area contributed by atoms with Gasteiger partial charge in [0.25, 0.3) is 5.91 Å². The fourth-order valence-corrected chi connectivity index (χ4v) is 5.72. The molecule has 11 heteroatoms. The Labute approximate surface area is 234 Å². The van der Waals surface area contributed by atoms with Crippen LogP contribution in [0.1, 0.15) is 56.9 Å². The number of carbonyl (C=O) groups is 3. The van der Waals surface area contributed by atoms with Crippen LogP contribution in [0.3, 0.4) is 0 Å². The van der Waals surface area contributed by atoms with E-state index in [1.165, 1.54) is 22.3 Å². The standard InChI is InChI=1S/C28H28N2O7S2/c1-5-12-36-18-11-10-17(15-19(18)35-7-3)22-21(23(31)20-9-8-14-38-20)24(32)26(33)30(22)28-29-16(4)25(39-28)27(34)37-13-6-2/h6,8-11,14-15,22,32H,2,5,7,12-13H2,1,3-4H3. The monoisotopic (exact) mass is 568 g/mol. The first kappa shape index (κ1) is 28.1. The van der Waals surface area contributed by atoms with Crippen molar-refractivity contribution in [2.75, 3.05) is 24.7 Å². The molecule has 1 atom stereocenters. The van der Waals surface area contributed by atoms with Crippen molar-refractivity contribution in [3.63, 3.8) is 0 Å². The number of anilines is 1. The summed E-state index contributed by atoms with van der Waals surface area (Å²) >= 11 is 2.15. The normalized spacial score (nSPS) is 15.0. The van der Waals surface area contributed by atoms with Gasteiger partial charge in [-0.3, -0.25) is 14.5 Å². The Morgan fingerprint density at radius 3 is 2.67 bits per heavy atom. The molecule has 0 aliphatic carbocycles. The molecule has 2 aromatic heterocycles. The molecule has 1 unspecified atom stereocenters. The number of Topliss-reactive ketones (excluding diaryl/α,β-unsaturated/α-hetero) is 1. The highest BCUT2D eigenvalue weighted by molar-refractivity contribution is 7.17. The first-order valence-corrected chi connectivity index (χ1v) is 14.0. The molecule has 0 fully saturated rings. The van der Waals surface area contributed by atoms with E-state index in [9.17, 15) is 19.5 Å². The highest BCUT2D eigenvalue weighted by atomic mass is 32.1. The molecule has 0 saturated carbocycles. The minimum absolute atomic E-state index is 0.0191. The molecule has 9 nitrogen and oxygen atoms in total. The number of aliphatic hydroxyl groups excluding tert-OH is 1. The van der Waals surface area contributed by atoms with Crippen LogP contribution in [-0.4, -0.2) is 47.6 Å². The second-order valence-corrected chi connectivity index (χ2v) is 10.4. The van der Waals surface area contributed by atoms with Crippen LogP contribution >= 0.6 is 22.7 Å². The summed E-state index contributed by atoms with van der Waals surface area (Å²) < 4.78 is 16.8. The largest absolute Gasteiger partial charge is 0.503 e. The van der Waals surface area contributed by atoms with E-state index in [4.69, 9.17) is 14.2 Å². The Bertz CT molecular complexity index is 1430. The molecule has 1 aromatic carbocycles. The zero-order chi connectivity index (χ0) is 28.1. The predicted molar refractivity (Wildman–Crippen MR) is 149 cm³/mol. The summed E-state index contributed by atoms with van der Waals surface area (Å²) in [6, 6.07) is 7.45. The van der Waals surface area contributed by atoms with Gasteiger partial charge < -0.3 is 19.3 Å². The molecule has 0 saturated heterocycles. The lowest BCUT2D eigenvalue weighted by atomic mass is 9.95. The molecule has 0 radical (unpaired) electrons. The van der Waals surface area contributed by atoms with Gasteiger partial charge in [0.05, 0.1) is 35.4 Å². The average Bonchev–Trinajstić information content (AvgIpc) is 3.65. The van der Waals surface area contributed by atoms with Crippen molar-refractivity contribution in [1.29, 1.82) is 0 Å². The summed E-state index contributed by atoms with van der Waals surface area (Å²) in [4.78, 5) is 45.9. The number of amides is 1. The lowest BCUT2D eigenvalue weighted by Crippen LogP contribution is -2.31. The second-order valence-electron chi connectivity index (χ2n) is 8.43. The summed E-state index contributed by atoms with van der Waals surface area (Å²) in [6.07, 6.45) is 2.25. The Morgan fingerprint density at radius 1 is 1.21 bits per heavy atom. The van der Waals surface area contributed by atoms with Crippen molar-refractivity contribution >= 4 is 45.5 Å². The quantitative estimate of drug-likeness (QED) is 0.165. The molecule has 3 aromatic rings. The molecule has 1 aliphatic heterocycles. The van der Waals surface area contributed by atoms with E-state index in [1.54, 1.807) is 42.6 Å². The van der Waals surface area contributed by atoms with Gasteiger partial charge in [-0.25, -0.2) is 9.78 Å². The topological polar surface area (TPSA) is 115 Å². The zero-order valence-electron chi connectivity index (χ0n) is 21.8. The van der Waals surface area contributed by atoms with E-state index < -0.39 is 29.5 Å². The molecule has 1 amide bonds. The molecule has 1 aliphatic rings. The second kappa shape index (κ2) is 12.3. The van der Waals surface area contributed by atoms with E-state index in [-0.39, 0.29) is 22.2 Å². The number of ketones is 1. The highest BCUT2D eigenvalue weighted by Crippen LogP contribution is 2.45. The molecule has 0 spiro atoms. The van der Waals surface area contributed by atoms with E-state index in [0.29, 0.717) is 40.8 Å². The average molecular weight is 569 g/mol. The van der Waals surface area contributed by atoms with Gasteiger partial charge in [0.1, 0.15) is 11.5 Å².